The van der Waals surface area contributed by atoms with E-state index in [1.807, 2.05) is 0 Å². The summed E-state index contributed by atoms with van der Waals surface area (Å²) in [6.45, 7) is -0.395. The highest BCUT2D eigenvalue weighted by molar-refractivity contribution is 5.94. The summed E-state index contributed by atoms with van der Waals surface area (Å²) in [5.41, 5.74) is 12.8. The van der Waals surface area contributed by atoms with Crippen LogP contribution in [0, 0.1) is 0 Å². The summed E-state index contributed by atoms with van der Waals surface area (Å²) in [5.74, 6) is -3.44. The monoisotopic (exact) mass is 517 g/mol. The van der Waals surface area contributed by atoms with E-state index in [4.69, 9.17) is 11.5 Å². The van der Waals surface area contributed by atoms with Gasteiger partial charge in [-0.25, -0.2) is 9.78 Å². The van der Waals surface area contributed by atoms with Gasteiger partial charge in [-0.15, -0.1) is 0 Å². The predicted molar refractivity (Wildman–Crippen MR) is 134 cm³/mol. The van der Waals surface area contributed by atoms with Crippen molar-refractivity contribution in [3.8, 4) is 0 Å². The minimum atomic E-state index is -1.43. The number of nitrogens with one attached hydrogen (secondary N) is 4. The van der Waals surface area contributed by atoms with Gasteiger partial charge in [-0.1, -0.05) is 30.3 Å². The Bertz CT molecular complexity index is 1000. The van der Waals surface area contributed by atoms with Crippen molar-refractivity contribution >= 4 is 23.7 Å². The van der Waals surface area contributed by atoms with E-state index in [2.05, 4.69) is 25.9 Å². The number of amides is 3. The molecule has 1 aromatic carbocycles. The van der Waals surface area contributed by atoms with Gasteiger partial charge < -0.3 is 42.6 Å². The number of hydrogen-bond donors (Lipinski definition) is 8. The van der Waals surface area contributed by atoms with Gasteiger partial charge in [0.1, 0.15) is 18.1 Å². The van der Waals surface area contributed by atoms with Crippen molar-refractivity contribution < 1.29 is 29.4 Å². The summed E-state index contributed by atoms with van der Waals surface area (Å²) < 4.78 is 0. The Balaban J connectivity index is 2.09. The van der Waals surface area contributed by atoms with Gasteiger partial charge in [0.15, 0.2) is 0 Å². The number of benzene rings is 1. The number of hydrogen-bond acceptors (Lipinski definition) is 8. The number of nitrogens with two attached hydrogens (primary N) is 2. The van der Waals surface area contributed by atoms with Crippen LogP contribution in [-0.2, 0) is 32.0 Å². The zero-order chi connectivity index (χ0) is 27.2. The Hall–Kier alpha value is -3.81. The number of carbonyl (C=O) groups excluding carboxylic acids is 3. The van der Waals surface area contributed by atoms with Gasteiger partial charge in [0.05, 0.1) is 19.0 Å². The van der Waals surface area contributed by atoms with Crippen LogP contribution in [0.15, 0.2) is 42.9 Å². The fourth-order valence-electron chi connectivity index (χ4n) is 3.55. The number of carboxylic acid groups (broad SMARTS) is 1. The molecule has 0 saturated carbocycles. The van der Waals surface area contributed by atoms with Gasteiger partial charge in [-0.3, -0.25) is 14.4 Å². The molecule has 0 saturated heterocycles. The van der Waals surface area contributed by atoms with E-state index in [0.717, 1.165) is 5.56 Å². The van der Waals surface area contributed by atoms with Crippen LogP contribution in [0.2, 0.25) is 0 Å². The zero-order valence-electron chi connectivity index (χ0n) is 20.4. The quantitative estimate of drug-likeness (QED) is 0.117. The lowest BCUT2D eigenvalue weighted by molar-refractivity contribution is -0.142. The van der Waals surface area contributed by atoms with Crippen molar-refractivity contribution in [2.45, 2.75) is 56.3 Å². The zero-order valence-corrected chi connectivity index (χ0v) is 20.4. The number of imidazole rings is 1. The van der Waals surface area contributed by atoms with Crippen LogP contribution in [-0.4, -0.2) is 81.2 Å². The van der Waals surface area contributed by atoms with Crippen molar-refractivity contribution in [3.63, 3.8) is 0 Å². The molecular formula is C24H35N7O6. The lowest BCUT2D eigenvalue weighted by atomic mass is 10.0. The summed E-state index contributed by atoms with van der Waals surface area (Å²) >= 11 is 0. The second-order valence-electron chi connectivity index (χ2n) is 8.57. The molecule has 0 aliphatic carbocycles. The first-order valence-corrected chi connectivity index (χ1v) is 12.0. The summed E-state index contributed by atoms with van der Waals surface area (Å²) in [4.78, 5) is 56.8. The van der Waals surface area contributed by atoms with Crippen molar-refractivity contribution in [2.24, 2.45) is 11.5 Å². The smallest absolute Gasteiger partial charge is 0.326 e. The summed E-state index contributed by atoms with van der Waals surface area (Å²) in [6.07, 6.45) is 4.45. The van der Waals surface area contributed by atoms with Crippen molar-refractivity contribution in [1.82, 2.24) is 25.9 Å². The molecule has 2 rings (SSSR count). The Morgan fingerprint density at radius 3 is 2.16 bits per heavy atom. The average Bonchev–Trinajstić information content (AvgIpc) is 3.39. The number of rotatable bonds is 16. The fourth-order valence-corrected chi connectivity index (χ4v) is 3.55. The number of carbonyl (C=O) groups is 4. The number of unbranched alkanes of at least 4 members (excludes halogenated alkanes) is 1. The molecule has 0 radical (unpaired) electrons. The number of carboxylic acids is 1. The number of aliphatic carboxylic acids is 1. The van der Waals surface area contributed by atoms with Crippen LogP contribution in [0.4, 0.5) is 0 Å². The molecule has 2 aromatic rings. The Morgan fingerprint density at radius 1 is 0.919 bits per heavy atom. The third kappa shape index (κ3) is 9.99. The van der Waals surface area contributed by atoms with E-state index >= 15 is 0 Å². The number of aliphatic hydroxyl groups excluding tert-OH is 1. The van der Waals surface area contributed by atoms with E-state index in [1.54, 1.807) is 30.3 Å². The van der Waals surface area contributed by atoms with Crippen molar-refractivity contribution in [1.29, 1.82) is 0 Å². The number of aromatic amines is 1. The molecule has 0 fully saturated rings. The molecule has 1 heterocycles. The number of aromatic nitrogens is 2. The van der Waals surface area contributed by atoms with Crippen LogP contribution in [0.3, 0.4) is 0 Å². The predicted octanol–water partition coefficient (Wildman–Crippen LogP) is -1.82. The lowest BCUT2D eigenvalue weighted by Gasteiger charge is -2.24. The molecule has 10 N–H and O–H groups in total. The molecule has 0 aliphatic heterocycles. The number of H-pyrrole nitrogens is 1. The Kier molecular flexibility index (Phi) is 12.2. The summed E-state index contributed by atoms with van der Waals surface area (Å²) in [7, 11) is 0. The molecule has 0 bridgehead atoms. The molecule has 4 unspecified atom stereocenters. The van der Waals surface area contributed by atoms with Crippen molar-refractivity contribution in [3.05, 3.63) is 54.1 Å². The fraction of sp³-hybridized carbons (Fsp3) is 0.458. The first kappa shape index (κ1) is 29.4. The highest BCUT2D eigenvalue weighted by atomic mass is 16.4. The van der Waals surface area contributed by atoms with Gasteiger partial charge in [-0.05, 0) is 31.4 Å². The second-order valence-corrected chi connectivity index (χ2v) is 8.57. The van der Waals surface area contributed by atoms with Crippen molar-refractivity contribution in [2.75, 3.05) is 13.2 Å². The largest absolute Gasteiger partial charge is 0.480 e. The molecule has 13 heteroatoms. The lowest BCUT2D eigenvalue weighted by Crippen LogP contribution is -2.58. The molecule has 13 nitrogen and oxygen atoms in total. The third-order valence-electron chi connectivity index (χ3n) is 5.62. The first-order valence-electron chi connectivity index (χ1n) is 12.0. The van der Waals surface area contributed by atoms with Gasteiger partial charge in [0.2, 0.25) is 17.7 Å². The summed E-state index contributed by atoms with van der Waals surface area (Å²) in [5, 5.41) is 26.5. The third-order valence-corrected chi connectivity index (χ3v) is 5.62. The normalized spacial score (nSPS) is 14.1. The highest BCUT2D eigenvalue weighted by Crippen LogP contribution is 2.06. The highest BCUT2D eigenvalue weighted by Gasteiger charge is 2.30. The van der Waals surface area contributed by atoms with E-state index in [0.29, 0.717) is 25.1 Å². The topological polar surface area (TPSA) is 226 Å². The van der Waals surface area contributed by atoms with Gasteiger partial charge in [0.25, 0.3) is 0 Å². The van der Waals surface area contributed by atoms with E-state index in [9.17, 15) is 29.4 Å². The maximum atomic E-state index is 13.1. The SMILES string of the molecule is NCCCCC(NC(=O)C(CO)NC(=O)C(Cc1ccccc1)NC(=O)C(N)Cc1cnc[nH]1)C(=O)O. The van der Waals surface area contributed by atoms with Gasteiger partial charge >= 0.3 is 5.97 Å². The minimum absolute atomic E-state index is 0.0891. The maximum absolute atomic E-state index is 13.1. The van der Waals surface area contributed by atoms with E-state index < -0.39 is 54.5 Å². The molecule has 4 atom stereocenters. The first-order chi connectivity index (χ1) is 17.7. The number of aliphatic hydroxyl groups is 1. The molecule has 202 valence electrons. The molecule has 37 heavy (non-hydrogen) atoms. The Morgan fingerprint density at radius 2 is 1.57 bits per heavy atom. The van der Waals surface area contributed by atoms with Crippen LogP contribution in [0.5, 0.6) is 0 Å². The standard InChI is InChI=1S/C24H35N7O6/c25-9-5-4-8-18(24(36)37)29-23(35)20(13-32)31-22(34)19(10-15-6-2-1-3-7-15)30-21(33)17(26)11-16-12-27-14-28-16/h1-3,6-7,12,14,17-20,32H,4-5,8-11,13,25-26H2,(H,27,28)(H,29,35)(H,30,33)(H,31,34)(H,36,37). The second kappa shape index (κ2) is 15.3. The maximum Gasteiger partial charge on any atom is 0.326 e. The van der Waals surface area contributed by atoms with Crippen LogP contribution < -0.4 is 27.4 Å². The summed E-state index contributed by atoms with van der Waals surface area (Å²) in [6, 6.07) is 4.15. The van der Waals surface area contributed by atoms with Crippen LogP contribution in [0.1, 0.15) is 30.5 Å². The van der Waals surface area contributed by atoms with E-state index in [-0.39, 0.29) is 19.3 Å². The van der Waals surface area contributed by atoms with Gasteiger partial charge in [-0.2, -0.15) is 0 Å². The minimum Gasteiger partial charge on any atom is -0.480 e. The average molecular weight is 518 g/mol. The molecule has 0 aliphatic rings. The molecule has 1 aromatic heterocycles. The molecular weight excluding hydrogens is 482 g/mol. The number of nitrogens with zero attached hydrogens (tertiary/aromatic N) is 1. The van der Waals surface area contributed by atoms with Crippen LogP contribution >= 0.6 is 0 Å². The van der Waals surface area contributed by atoms with Gasteiger partial charge in [0, 0.05) is 24.7 Å². The Labute approximate surface area is 214 Å². The molecule has 3 amide bonds. The van der Waals surface area contributed by atoms with E-state index in [1.165, 1.54) is 12.5 Å². The molecule has 0 spiro atoms. The van der Waals surface area contributed by atoms with Crippen LogP contribution in [0.25, 0.3) is 0 Å².